The highest BCUT2D eigenvalue weighted by molar-refractivity contribution is 5.98. The van der Waals surface area contributed by atoms with Crippen LogP contribution in [0.25, 0.3) is 11.0 Å². The van der Waals surface area contributed by atoms with Crippen molar-refractivity contribution in [3.8, 4) is 0 Å². The topological polar surface area (TPSA) is 75.2 Å². The van der Waals surface area contributed by atoms with Crippen LogP contribution in [0.15, 0.2) is 18.2 Å². The molecule has 1 saturated carbocycles. The number of benzene rings is 1. The molecule has 1 aliphatic heterocycles. The zero-order valence-electron chi connectivity index (χ0n) is 13.9. The Kier molecular flexibility index (Phi) is 3.48. The molecule has 1 atom stereocenters. The molecule has 2 heterocycles. The number of fused-ring (bicyclic) bond motifs is 1. The van der Waals surface area contributed by atoms with Crippen molar-refractivity contribution in [3.63, 3.8) is 0 Å². The fraction of sp³-hybridized carbons (Fsp3) is 0.444. The first kappa shape index (κ1) is 15.1. The molecule has 6 nitrogen and oxygen atoms in total. The minimum atomic E-state index is -0.160. The maximum Gasteiger partial charge on any atom is 0.251 e. The molecule has 1 aromatic heterocycles. The van der Waals surface area contributed by atoms with Crippen LogP contribution < -0.4 is 5.32 Å². The van der Waals surface area contributed by atoms with Crippen molar-refractivity contribution < 1.29 is 9.59 Å². The molecule has 1 aromatic carbocycles. The van der Waals surface area contributed by atoms with Gasteiger partial charge in [0.25, 0.3) is 5.91 Å². The summed E-state index contributed by atoms with van der Waals surface area (Å²) < 4.78 is 0. The average Bonchev–Trinajstić information content (AvgIpc) is 3.32. The second-order valence-corrected chi connectivity index (χ2v) is 6.75. The maximum atomic E-state index is 12.5. The number of nitrogens with one attached hydrogen (secondary N) is 1. The van der Waals surface area contributed by atoms with Gasteiger partial charge >= 0.3 is 0 Å². The lowest BCUT2D eigenvalue weighted by Gasteiger charge is -2.16. The molecule has 0 spiro atoms. The molecule has 1 saturated heterocycles. The van der Waals surface area contributed by atoms with Gasteiger partial charge in [0.15, 0.2) is 0 Å². The second-order valence-electron chi connectivity index (χ2n) is 6.75. The average molecular weight is 324 g/mol. The molecule has 2 aliphatic rings. The van der Waals surface area contributed by atoms with Crippen molar-refractivity contribution in [2.45, 2.75) is 45.2 Å². The van der Waals surface area contributed by atoms with E-state index in [1.54, 1.807) is 12.1 Å². The normalized spacial score (nSPS) is 20.7. The number of aryl methyl sites for hydroxylation is 2. The lowest BCUT2D eigenvalue weighted by molar-refractivity contribution is -0.128. The lowest BCUT2D eigenvalue weighted by Crippen LogP contribution is -2.37. The maximum absolute atomic E-state index is 12.5. The van der Waals surface area contributed by atoms with E-state index < -0.39 is 0 Å². The van der Waals surface area contributed by atoms with E-state index in [0.29, 0.717) is 30.1 Å². The van der Waals surface area contributed by atoms with Gasteiger partial charge in [-0.2, -0.15) is 0 Å². The van der Waals surface area contributed by atoms with Crippen molar-refractivity contribution in [2.24, 2.45) is 0 Å². The number of nitrogens with zero attached hydrogens (tertiary/aromatic N) is 3. The zero-order chi connectivity index (χ0) is 16.8. The van der Waals surface area contributed by atoms with Crippen molar-refractivity contribution in [2.75, 3.05) is 6.54 Å². The zero-order valence-corrected chi connectivity index (χ0v) is 13.9. The number of hydrogen-bond acceptors (Lipinski definition) is 4. The summed E-state index contributed by atoms with van der Waals surface area (Å²) in [5.41, 5.74) is 3.81. The van der Waals surface area contributed by atoms with Gasteiger partial charge in [-0.1, -0.05) is 0 Å². The molecular weight excluding hydrogens is 304 g/mol. The monoisotopic (exact) mass is 324 g/mol. The van der Waals surface area contributed by atoms with Gasteiger partial charge in [0.2, 0.25) is 5.91 Å². The highest BCUT2D eigenvalue weighted by atomic mass is 16.2. The van der Waals surface area contributed by atoms with Gasteiger partial charge in [-0.15, -0.1) is 0 Å². The number of carbonyl (C=O) groups is 2. The van der Waals surface area contributed by atoms with Gasteiger partial charge in [0.1, 0.15) is 0 Å². The van der Waals surface area contributed by atoms with Crippen molar-refractivity contribution >= 4 is 22.8 Å². The van der Waals surface area contributed by atoms with Crippen molar-refractivity contribution in [1.29, 1.82) is 0 Å². The summed E-state index contributed by atoms with van der Waals surface area (Å²) in [5, 5.41) is 2.98. The minimum absolute atomic E-state index is 0.105. The first-order valence-corrected chi connectivity index (χ1v) is 8.36. The van der Waals surface area contributed by atoms with Gasteiger partial charge in [0.05, 0.1) is 28.5 Å². The summed E-state index contributed by atoms with van der Waals surface area (Å²) in [6.07, 6.45) is 2.58. The highest BCUT2D eigenvalue weighted by Gasteiger charge is 2.39. The number of rotatable bonds is 3. The molecule has 1 aliphatic carbocycles. The minimum Gasteiger partial charge on any atom is -0.347 e. The van der Waals surface area contributed by atoms with E-state index in [4.69, 9.17) is 0 Å². The number of aromatic nitrogens is 2. The smallest absolute Gasteiger partial charge is 0.251 e. The fourth-order valence-electron chi connectivity index (χ4n) is 3.21. The number of amides is 2. The third-order valence-electron chi connectivity index (χ3n) is 4.82. The van der Waals surface area contributed by atoms with Gasteiger partial charge in [-0.25, -0.2) is 9.97 Å². The van der Waals surface area contributed by atoms with E-state index in [9.17, 15) is 9.59 Å². The highest BCUT2D eigenvalue weighted by Crippen LogP contribution is 2.30. The Balaban J connectivity index is 1.51. The van der Waals surface area contributed by atoms with Crippen LogP contribution in [0, 0.1) is 13.8 Å². The molecular formula is C18H20N4O2. The van der Waals surface area contributed by atoms with Crippen LogP contribution in [-0.4, -0.2) is 45.3 Å². The number of carbonyl (C=O) groups excluding carboxylic acids is 2. The van der Waals surface area contributed by atoms with Crippen LogP contribution in [0.5, 0.6) is 0 Å². The summed E-state index contributed by atoms with van der Waals surface area (Å²) >= 11 is 0. The second kappa shape index (κ2) is 5.54. The Bertz CT molecular complexity index is 844. The Labute approximate surface area is 140 Å². The van der Waals surface area contributed by atoms with Gasteiger partial charge in [0, 0.05) is 24.6 Å². The van der Waals surface area contributed by atoms with Crippen LogP contribution in [0.1, 0.15) is 41.0 Å². The molecule has 0 bridgehead atoms. The largest absolute Gasteiger partial charge is 0.347 e. The van der Waals surface area contributed by atoms with Gasteiger partial charge in [-0.05, 0) is 44.9 Å². The molecule has 0 radical (unpaired) electrons. The summed E-state index contributed by atoms with van der Waals surface area (Å²) in [5.74, 6) is -0.00865. The van der Waals surface area contributed by atoms with Crippen LogP contribution in [0.2, 0.25) is 0 Å². The third-order valence-corrected chi connectivity index (χ3v) is 4.82. The predicted octanol–water partition coefficient (Wildman–Crippen LogP) is 1.74. The van der Waals surface area contributed by atoms with Crippen LogP contribution in [-0.2, 0) is 4.79 Å². The quantitative estimate of drug-likeness (QED) is 0.933. The molecule has 1 N–H and O–H groups in total. The first-order chi connectivity index (χ1) is 11.5. The summed E-state index contributed by atoms with van der Waals surface area (Å²) in [6, 6.07) is 5.64. The lowest BCUT2D eigenvalue weighted by atomic mass is 10.1. The van der Waals surface area contributed by atoms with E-state index in [2.05, 4.69) is 15.3 Å². The summed E-state index contributed by atoms with van der Waals surface area (Å²) in [4.78, 5) is 35.4. The molecule has 1 unspecified atom stereocenters. The van der Waals surface area contributed by atoms with Crippen molar-refractivity contribution in [1.82, 2.24) is 20.2 Å². The molecule has 24 heavy (non-hydrogen) atoms. The first-order valence-electron chi connectivity index (χ1n) is 8.36. The van der Waals surface area contributed by atoms with E-state index in [-0.39, 0.29) is 17.9 Å². The SMILES string of the molecule is Cc1nc2ccc(C(=O)NC3CC(=O)N(C4CC4)C3)cc2nc1C. The Morgan fingerprint density at radius 3 is 2.58 bits per heavy atom. The van der Waals surface area contributed by atoms with E-state index in [1.807, 2.05) is 24.8 Å². The van der Waals surface area contributed by atoms with Crippen LogP contribution >= 0.6 is 0 Å². The van der Waals surface area contributed by atoms with E-state index in [1.165, 1.54) is 0 Å². The van der Waals surface area contributed by atoms with E-state index in [0.717, 1.165) is 29.7 Å². The summed E-state index contributed by atoms with van der Waals surface area (Å²) in [7, 11) is 0. The van der Waals surface area contributed by atoms with Crippen molar-refractivity contribution in [3.05, 3.63) is 35.2 Å². The Morgan fingerprint density at radius 2 is 1.88 bits per heavy atom. The van der Waals surface area contributed by atoms with Gasteiger partial charge < -0.3 is 10.2 Å². The number of likely N-dealkylation sites (tertiary alicyclic amines) is 1. The predicted molar refractivity (Wildman–Crippen MR) is 89.6 cm³/mol. The number of hydrogen-bond donors (Lipinski definition) is 1. The third kappa shape index (κ3) is 2.72. The Morgan fingerprint density at radius 1 is 1.17 bits per heavy atom. The fourth-order valence-corrected chi connectivity index (χ4v) is 3.21. The van der Waals surface area contributed by atoms with E-state index >= 15 is 0 Å². The standard InChI is InChI=1S/C18H20N4O2/c1-10-11(2)20-16-7-12(3-6-15(16)19-10)18(24)21-13-8-17(23)22(9-13)14-4-5-14/h3,6-7,13-14H,4-5,8-9H2,1-2H3,(H,21,24). The van der Waals surface area contributed by atoms with Gasteiger partial charge in [-0.3, -0.25) is 9.59 Å². The Hall–Kier alpha value is -2.50. The van der Waals surface area contributed by atoms with Crippen LogP contribution in [0.3, 0.4) is 0 Å². The summed E-state index contributed by atoms with van der Waals surface area (Å²) in [6.45, 7) is 4.46. The molecule has 2 fully saturated rings. The van der Waals surface area contributed by atoms with Crippen LogP contribution in [0.4, 0.5) is 0 Å². The molecule has 6 heteroatoms. The molecule has 2 amide bonds. The molecule has 124 valence electrons. The molecule has 2 aromatic rings. The molecule has 4 rings (SSSR count).